The molecule has 1 aromatic carbocycles. The van der Waals surface area contributed by atoms with E-state index in [1.54, 1.807) is 6.07 Å². The van der Waals surface area contributed by atoms with Crippen molar-refractivity contribution in [2.75, 3.05) is 0 Å². The lowest BCUT2D eigenvalue weighted by atomic mass is 10.1. The van der Waals surface area contributed by atoms with Gasteiger partial charge in [-0.05, 0) is 19.4 Å². The zero-order valence-electron chi connectivity index (χ0n) is 5.93. The van der Waals surface area contributed by atoms with Crippen LogP contribution in [0.15, 0.2) is 6.07 Å². The third kappa shape index (κ3) is 0.533. The van der Waals surface area contributed by atoms with Crippen molar-refractivity contribution in [3.05, 3.63) is 17.2 Å². The molecule has 0 unspecified atom stereocenters. The molecule has 0 aromatic heterocycles. The van der Waals surface area contributed by atoms with Gasteiger partial charge in [-0.2, -0.15) is 0 Å². The minimum atomic E-state index is 0.328. The fraction of sp³-hybridized carbons (Fsp3) is 0.250. The van der Waals surface area contributed by atoms with Gasteiger partial charge >= 0.3 is 0 Å². The van der Waals surface area contributed by atoms with Crippen LogP contribution in [0.1, 0.15) is 11.1 Å². The fourth-order valence-electron chi connectivity index (χ4n) is 1.04. The number of phenols is 1. The normalized spacial score (nSPS) is 12.2. The van der Waals surface area contributed by atoms with Crippen molar-refractivity contribution in [3.63, 3.8) is 0 Å². The van der Waals surface area contributed by atoms with Gasteiger partial charge in [0, 0.05) is 11.6 Å². The molecule has 1 aliphatic heterocycles. The molecule has 0 amide bonds. The summed E-state index contributed by atoms with van der Waals surface area (Å²) in [6.45, 7) is 3.83. The Hall–Kier alpha value is -1.18. The van der Waals surface area contributed by atoms with Crippen LogP contribution in [0.3, 0.4) is 0 Å². The van der Waals surface area contributed by atoms with Gasteiger partial charge in [0.2, 0.25) is 0 Å². The van der Waals surface area contributed by atoms with Crippen molar-refractivity contribution in [1.29, 1.82) is 0 Å². The highest BCUT2D eigenvalue weighted by molar-refractivity contribution is 5.65. The lowest BCUT2D eigenvalue weighted by molar-refractivity contribution is 0.470. The molecule has 0 bridgehead atoms. The SMILES string of the molecule is Cc1c(O)cc2c(c1C)O2. The largest absolute Gasteiger partial charge is 0.508 e. The van der Waals surface area contributed by atoms with Gasteiger partial charge in [0.25, 0.3) is 0 Å². The Morgan fingerprint density at radius 3 is 2.70 bits per heavy atom. The molecule has 1 N–H and O–H groups in total. The number of phenolic OH excluding ortho intramolecular Hbond substituents is 1. The highest BCUT2D eigenvalue weighted by atomic mass is 16.6. The third-order valence-corrected chi connectivity index (χ3v) is 1.95. The van der Waals surface area contributed by atoms with E-state index in [9.17, 15) is 5.11 Å². The van der Waals surface area contributed by atoms with E-state index >= 15 is 0 Å². The Morgan fingerprint density at radius 2 is 2.00 bits per heavy atom. The maximum atomic E-state index is 9.23. The van der Waals surface area contributed by atoms with Crippen LogP contribution >= 0.6 is 0 Å². The second kappa shape index (κ2) is 1.45. The first-order chi connectivity index (χ1) is 4.70. The number of hydrogen-bond donors (Lipinski definition) is 1. The maximum absolute atomic E-state index is 9.23. The molecule has 0 spiro atoms. The summed E-state index contributed by atoms with van der Waals surface area (Å²) in [7, 11) is 0. The monoisotopic (exact) mass is 136 g/mol. The predicted octanol–water partition coefficient (Wildman–Crippen LogP) is 2.11. The minimum absolute atomic E-state index is 0.328. The molecule has 0 aliphatic carbocycles. The van der Waals surface area contributed by atoms with Gasteiger partial charge < -0.3 is 9.84 Å². The van der Waals surface area contributed by atoms with E-state index in [1.807, 2.05) is 13.8 Å². The van der Waals surface area contributed by atoms with Crippen LogP contribution in [0.2, 0.25) is 0 Å². The van der Waals surface area contributed by atoms with Crippen LogP contribution in [0.4, 0.5) is 0 Å². The Bertz CT molecular complexity index is 300. The predicted molar refractivity (Wildman–Crippen MR) is 37.7 cm³/mol. The average molecular weight is 136 g/mol. The van der Waals surface area contributed by atoms with Gasteiger partial charge in [0.15, 0.2) is 11.5 Å². The van der Waals surface area contributed by atoms with Gasteiger partial charge in [-0.1, -0.05) is 0 Å². The van der Waals surface area contributed by atoms with E-state index in [-0.39, 0.29) is 0 Å². The fourth-order valence-corrected chi connectivity index (χ4v) is 1.04. The number of aromatic hydroxyl groups is 1. The third-order valence-electron chi connectivity index (χ3n) is 1.95. The Kier molecular flexibility index (Phi) is 0.813. The van der Waals surface area contributed by atoms with E-state index in [1.165, 1.54) is 0 Å². The second-order valence-corrected chi connectivity index (χ2v) is 2.58. The molecule has 2 rings (SSSR count). The van der Waals surface area contributed by atoms with E-state index in [0.717, 1.165) is 22.6 Å². The first-order valence-corrected chi connectivity index (χ1v) is 3.21. The topological polar surface area (TPSA) is 32.8 Å². The summed E-state index contributed by atoms with van der Waals surface area (Å²) in [4.78, 5) is 0. The molecule has 2 nitrogen and oxygen atoms in total. The molecular formula is C8H8O2. The van der Waals surface area contributed by atoms with E-state index in [2.05, 4.69) is 0 Å². The van der Waals surface area contributed by atoms with E-state index < -0.39 is 0 Å². The van der Waals surface area contributed by atoms with Crippen LogP contribution < -0.4 is 4.74 Å². The number of rotatable bonds is 0. The summed E-state index contributed by atoms with van der Waals surface area (Å²) in [6, 6.07) is 1.65. The van der Waals surface area contributed by atoms with Crippen molar-refractivity contribution < 1.29 is 9.84 Å². The molecule has 52 valence electrons. The van der Waals surface area contributed by atoms with Crippen molar-refractivity contribution in [1.82, 2.24) is 0 Å². The molecular weight excluding hydrogens is 128 g/mol. The van der Waals surface area contributed by atoms with Crippen LogP contribution in [0, 0.1) is 13.8 Å². The van der Waals surface area contributed by atoms with Crippen LogP contribution in [-0.4, -0.2) is 5.11 Å². The lowest BCUT2D eigenvalue weighted by Gasteiger charge is -1.95. The zero-order valence-corrected chi connectivity index (χ0v) is 5.93. The molecule has 10 heavy (non-hydrogen) atoms. The minimum Gasteiger partial charge on any atom is -0.508 e. The summed E-state index contributed by atoms with van der Waals surface area (Å²) < 4.78 is 5.07. The van der Waals surface area contributed by atoms with Gasteiger partial charge in [0.05, 0.1) is 0 Å². The van der Waals surface area contributed by atoms with Crippen LogP contribution in [0.25, 0.3) is 0 Å². The summed E-state index contributed by atoms with van der Waals surface area (Å²) >= 11 is 0. The Balaban J connectivity index is 2.73. The standard InChI is InChI=1S/C8H8O2/c1-4-5(2)8-7(10-8)3-6(4)9/h3,9H,1-2H3. The smallest absolute Gasteiger partial charge is 0.174 e. The molecule has 0 fully saturated rings. The lowest BCUT2D eigenvalue weighted by Crippen LogP contribution is -1.74. The molecule has 0 atom stereocenters. The second-order valence-electron chi connectivity index (χ2n) is 2.58. The first-order valence-electron chi connectivity index (χ1n) is 3.21. The quantitative estimate of drug-likeness (QED) is 0.562. The molecule has 1 heterocycles. The molecule has 0 radical (unpaired) electrons. The first kappa shape index (κ1) is 5.59. The molecule has 0 saturated heterocycles. The van der Waals surface area contributed by atoms with Crippen LogP contribution in [0.5, 0.6) is 17.2 Å². The Morgan fingerprint density at radius 1 is 1.30 bits per heavy atom. The zero-order chi connectivity index (χ0) is 7.30. The van der Waals surface area contributed by atoms with Crippen molar-refractivity contribution >= 4 is 0 Å². The van der Waals surface area contributed by atoms with Gasteiger partial charge in [0.1, 0.15) is 5.75 Å². The number of ether oxygens (including phenoxy) is 1. The van der Waals surface area contributed by atoms with Crippen molar-refractivity contribution in [2.45, 2.75) is 13.8 Å². The van der Waals surface area contributed by atoms with Crippen LogP contribution in [-0.2, 0) is 0 Å². The summed E-state index contributed by atoms with van der Waals surface area (Å²) in [5, 5.41) is 9.23. The van der Waals surface area contributed by atoms with Crippen molar-refractivity contribution in [3.8, 4) is 17.2 Å². The molecule has 1 aliphatic rings. The van der Waals surface area contributed by atoms with Gasteiger partial charge in [-0.25, -0.2) is 0 Å². The number of benzene rings is 1. The van der Waals surface area contributed by atoms with Gasteiger partial charge in [-0.15, -0.1) is 0 Å². The summed E-state index contributed by atoms with van der Waals surface area (Å²) in [5.41, 5.74) is 1.96. The number of fused-ring (bicyclic) bond motifs is 1. The van der Waals surface area contributed by atoms with E-state index in [4.69, 9.17) is 4.74 Å². The van der Waals surface area contributed by atoms with Crippen molar-refractivity contribution in [2.24, 2.45) is 0 Å². The molecule has 0 saturated carbocycles. The average Bonchev–Trinajstić information content (AvgIpc) is 2.62. The highest BCUT2D eigenvalue weighted by Crippen LogP contribution is 2.51. The van der Waals surface area contributed by atoms with E-state index in [0.29, 0.717) is 5.75 Å². The van der Waals surface area contributed by atoms with Gasteiger partial charge in [-0.3, -0.25) is 0 Å². The summed E-state index contributed by atoms with van der Waals surface area (Å²) in [5.74, 6) is 2.09. The summed E-state index contributed by atoms with van der Waals surface area (Å²) in [6.07, 6.45) is 0. The molecule has 2 heteroatoms. The molecule has 1 aromatic rings. The number of hydrogen-bond acceptors (Lipinski definition) is 2. The maximum Gasteiger partial charge on any atom is 0.174 e. The Labute approximate surface area is 59.1 Å². The highest BCUT2D eigenvalue weighted by Gasteiger charge is 2.25.